The first-order chi connectivity index (χ1) is 12.5. The quantitative estimate of drug-likeness (QED) is 0.684. The average molecular weight is 364 g/mol. The molecule has 1 fully saturated rings. The number of hydrogen-bond donors (Lipinski definition) is 0. The predicted octanol–water partition coefficient (Wildman–Crippen LogP) is 1.55. The molecule has 0 radical (unpaired) electrons. The van der Waals surface area contributed by atoms with Gasteiger partial charge in [0.2, 0.25) is 5.91 Å². The molecule has 144 valence electrons. The summed E-state index contributed by atoms with van der Waals surface area (Å²) in [5.41, 5.74) is 0.895. The van der Waals surface area contributed by atoms with Crippen molar-refractivity contribution in [2.45, 2.75) is 19.4 Å². The lowest BCUT2D eigenvalue weighted by Gasteiger charge is -2.31. The summed E-state index contributed by atoms with van der Waals surface area (Å²) in [4.78, 5) is 27.9. The Labute approximate surface area is 154 Å². The van der Waals surface area contributed by atoms with Crippen LogP contribution in [-0.4, -0.2) is 69.7 Å². The molecule has 26 heavy (non-hydrogen) atoms. The first kappa shape index (κ1) is 20.0. The van der Waals surface area contributed by atoms with E-state index in [0.717, 1.165) is 31.5 Å². The van der Waals surface area contributed by atoms with Crippen LogP contribution in [0.25, 0.3) is 0 Å². The van der Waals surface area contributed by atoms with Gasteiger partial charge in [-0.05, 0) is 32.0 Å². The molecule has 0 atom stereocenters. The monoisotopic (exact) mass is 364 g/mol. The molecule has 0 aromatic heterocycles. The molecule has 1 aliphatic rings. The number of carbonyl (C=O) groups excluding carboxylic acids is 2. The molecule has 1 heterocycles. The van der Waals surface area contributed by atoms with E-state index in [-0.39, 0.29) is 17.8 Å². The van der Waals surface area contributed by atoms with E-state index >= 15 is 0 Å². The normalized spacial score (nSPS) is 15.4. The van der Waals surface area contributed by atoms with Crippen LogP contribution < -0.4 is 9.47 Å². The SMILES string of the molecule is COC(=O)C1CCN(CC(=O)N(C)Cc2cccc(OC)c2OC)CC1. The van der Waals surface area contributed by atoms with Gasteiger partial charge >= 0.3 is 5.97 Å². The standard InChI is InChI=1S/C19H28N2O5/c1-20(12-15-6-5-7-16(24-2)18(15)25-3)17(22)13-21-10-8-14(9-11-21)19(23)26-4/h5-7,14H,8-13H2,1-4H3. The molecule has 2 rings (SSSR count). The lowest BCUT2D eigenvalue weighted by Crippen LogP contribution is -2.43. The zero-order chi connectivity index (χ0) is 19.1. The first-order valence-electron chi connectivity index (χ1n) is 8.74. The highest BCUT2D eigenvalue weighted by Gasteiger charge is 2.27. The Kier molecular flexibility index (Phi) is 7.26. The maximum Gasteiger partial charge on any atom is 0.308 e. The van der Waals surface area contributed by atoms with Gasteiger partial charge in [0.15, 0.2) is 11.5 Å². The molecule has 0 saturated carbocycles. The van der Waals surface area contributed by atoms with E-state index in [2.05, 4.69) is 4.90 Å². The number of esters is 1. The lowest BCUT2D eigenvalue weighted by atomic mass is 9.97. The van der Waals surface area contributed by atoms with Crippen LogP contribution in [0.1, 0.15) is 18.4 Å². The highest BCUT2D eigenvalue weighted by atomic mass is 16.5. The summed E-state index contributed by atoms with van der Waals surface area (Å²) in [6, 6.07) is 5.63. The fraction of sp³-hybridized carbons (Fsp3) is 0.579. The molecule has 0 spiro atoms. The highest BCUT2D eigenvalue weighted by molar-refractivity contribution is 5.78. The van der Waals surface area contributed by atoms with Gasteiger partial charge in [-0.25, -0.2) is 0 Å². The van der Waals surface area contributed by atoms with Crippen molar-refractivity contribution >= 4 is 11.9 Å². The molecule has 1 aromatic rings. The van der Waals surface area contributed by atoms with Crippen molar-refractivity contribution in [1.29, 1.82) is 0 Å². The number of amides is 1. The molecule has 0 bridgehead atoms. The van der Waals surface area contributed by atoms with Crippen molar-refractivity contribution < 1.29 is 23.8 Å². The maximum atomic E-state index is 12.6. The van der Waals surface area contributed by atoms with E-state index in [1.165, 1.54) is 7.11 Å². The van der Waals surface area contributed by atoms with Crippen LogP contribution in [0.2, 0.25) is 0 Å². The van der Waals surface area contributed by atoms with Crippen LogP contribution in [0.5, 0.6) is 11.5 Å². The van der Waals surface area contributed by atoms with Gasteiger partial charge in [0, 0.05) is 19.2 Å². The third-order valence-electron chi connectivity index (χ3n) is 4.80. The van der Waals surface area contributed by atoms with E-state index < -0.39 is 0 Å². The van der Waals surface area contributed by atoms with Crippen molar-refractivity contribution in [1.82, 2.24) is 9.80 Å². The second kappa shape index (κ2) is 9.43. The van der Waals surface area contributed by atoms with E-state index in [4.69, 9.17) is 14.2 Å². The molecule has 1 amide bonds. The number of hydrogen-bond acceptors (Lipinski definition) is 6. The molecular weight excluding hydrogens is 336 g/mol. The van der Waals surface area contributed by atoms with Gasteiger partial charge in [-0.2, -0.15) is 0 Å². The van der Waals surface area contributed by atoms with Crippen LogP contribution >= 0.6 is 0 Å². The molecular formula is C19H28N2O5. The van der Waals surface area contributed by atoms with Gasteiger partial charge in [0.1, 0.15) is 0 Å². The minimum absolute atomic E-state index is 0.0337. The van der Waals surface area contributed by atoms with Crippen molar-refractivity contribution in [3.63, 3.8) is 0 Å². The zero-order valence-corrected chi connectivity index (χ0v) is 16.0. The van der Waals surface area contributed by atoms with Crippen molar-refractivity contribution in [3.05, 3.63) is 23.8 Å². The number of nitrogens with zero attached hydrogens (tertiary/aromatic N) is 2. The van der Waals surface area contributed by atoms with Gasteiger partial charge in [0.05, 0.1) is 33.8 Å². The van der Waals surface area contributed by atoms with Crippen molar-refractivity contribution in [2.24, 2.45) is 5.92 Å². The summed E-state index contributed by atoms with van der Waals surface area (Å²) in [5, 5.41) is 0. The summed E-state index contributed by atoms with van der Waals surface area (Å²) >= 11 is 0. The van der Waals surface area contributed by atoms with Crippen LogP contribution in [0.3, 0.4) is 0 Å². The first-order valence-corrected chi connectivity index (χ1v) is 8.74. The Morgan fingerprint density at radius 3 is 2.42 bits per heavy atom. The summed E-state index contributed by atoms with van der Waals surface area (Å²) in [5.74, 6) is 1.12. The number of carbonyl (C=O) groups is 2. The van der Waals surface area contributed by atoms with Crippen LogP contribution in [0.4, 0.5) is 0 Å². The van der Waals surface area contributed by atoms with Gasteiger partial charge in [-0.3, -0.25) is 14.5 Å². The molecule has 1 saturated heterocycles. The number of piperidine rings is 1. The number of rotatable bonds is 7. The Morgan fingerprint density at radius 2 is 1.85 bits per heavy atom. The fourth-order valence-corrected chi connectivity index (χ4v) is 3.23. The Hall–Kier alpha value is -2.28. The fourth-order valence-electron chi connectivity index (χ4n) is 3.23. The molecule has 7 nitrogen and oxygen atoms in total. The summed E-state index contributed by atoms with van der Waals surface area (Å²) in [6.45, 7) is 2.23. The minimum Gasteiger partial charge on any atom is -0.493 e. The van der Waals surface area contributed by atoms with Crippen LogP contribution in [0.15, 0.2) is 18.2 Å². The largest absolute Gasteiger partial charge is 0.493 e. The molecule has 1 aromatic carbocycles. The van der Waals surface area contributed by atoms with Gasteiger partial charge in [0.25, 0.3) is 0 Å². The van der Waals surface area contributed by atoms with Gasteiger partial charge < -0.3 is 19.1 Å². The number of para-hydroxylation sites is 1. The molecule has 0 aliphatic carbocycles. The summed E-state index contributed by atoms with van der Waals surface area (Å²) in [6.07, 6.45) is 1.46. The van der Waals surface area contributed by atoms with Crippen LogP contribution in [-0.2, 0) is 20.9 Å². The smallest absolute Gasteiger partial charge is 0.308 e. The molecule has 0 unspecified atom stereocenters. The van der Waals surface area contributed by atoms with Gasteiger partial charge in [-0.15, -0.1) is 0 Å². The summed E-state index contributed by atoms with van der Waals surface area (Å²) < 4.78 is 15.5. The van der Waals surface area contributed by atoms with Crippen molar-refractivity contribution in [3.8, 4) is 11.5 Å². The number of likely N-dealkylation sites (tertiary alicyclic amines) is 1. The maximum absolute atomic E-state index is 12.6. The zero-order valence-electron chi connectivity index (χ0n) is 16.0. The second-order valence-electron chi connectivity index (χ2n) is 6.48. The van der Waals surface area contributed by atoms with Crippen LogP contribution in [0, 0.1) is 5.92 Å². The third-order valence-corrected chi connectivity index (χ3v) is 4.80. The van der Waals surface area contributed by atoms with Crippen molar-refractivity contribution in [2.75, 3.05) is 48.0 Å². The van der Waals surface area contributed by atoms with E-state index in [1.807, 2.05) is 18.2 Å². The molecule has 7 heteroatoms. The summed E-state index contributed by atoms with van der Waals surface area (Å²) in [7, 11) is 6.38. The Bertz CT molecular complexity index is 626. The molecule has 1 aliphatic heterocycles. The van der Waals surface area contributed by atoms with E-state index in [0.29, 0.717) is 24.6 Å². The van der Waals surface area contributed by atoms with Gasteiger partial charge in [-0.1, -0.05) is 12.1 Å². The van der Waals surface area contributed by atoms with E-state index in [9.17, 15) is 9.59 Å². The highest BCUT2D eigenvalue weighted by Crippen LogP contribution is 2.31. The third kappa shape index (κ3) is 4.88. The number of methoxy groups -OCH3 is 3. The predicted molar refractivity (Wildman–Crippen MR) is 97.2 cm³/mol. The second-order valence-corrected chi connectivity index (χ2v) is 6.48. The Balaban J connectivity index is 1.90. The number of ether oxygens (including phenoxy) is 3. The Morgan fingerprint density at radius 1 is 1.15 bits per heavy atom. The lowest BCUT2D eigenvalue weighted by molar-refractivity contribution is -0.147. The molecule has 0 N–H and O–H groups in total. The topological polar surface area (TPSA) is 68.3 Å². The average Bonchev–Trinajstić information content (AvgIpc) is 2.67. The minimum atomic E-state index is -0.154. The number of likely N-dealkylation sites (N-methyl/N-ethyl adjacent to an activating group) is 1. The number of benzene rings is 1. The van der Waals surface area contributed by atoms with E-state index in [1.54, 1.807) is 26.2 Å².